The lowest BCUT2D eigenvalue weighted by Gasteiger charge is -2.07. The molecule has 0 saturated carbocycles. The number of methoxy groups -OCH3 is 1. The molecule has 1 atom stereocenters. The Morgan fingerprint density at radius 3 is 2.61 bits per heavy atom. The highest BCUT2D eigenvalue weighted by Crippen LogP contribution is 2.16. The van der Waals surface area contributed by atoms with Crippen LogP contribution in [0.1, 0.15) is 36.0 Å². The van der Waals surface area contributed by atoms with Crippen molar-refractivity contribution in [1.29, 1.82) is 0 Å². The van der Waals surface area contributed by atoms with E-state index in [0.717, 1.165) is 42.6 Å². The number of aliphatic hydroxyl groups excluding tert-OH is 1. The Bertz CT molecular complexity index is 879. The van der Waals surface area contributed by atoms with Crippen LogP contribution >= 0.6 is 12.6 Å². The zero-order valence-electron chi connectivity index (χ0n) is 16.2. The van der Waals surface area contributed by atoms with E-state index >= 15 is 0 Å². The highest BCUT2D eigenvalue weighted by molar-refractivity contribution is 7.79. The number of unbranched alkanes of at least 4 members (excludes halogenated alkanes) is 2. The van der Waals surface area contributed by atoms with E-state index < -0.39 is 6.10 Å². The third-order valence-corrected chi connectivity index (χ3v) is 4.43. The molecule has 0 radical (unpaired) electrons. The van der Waals surface area contributed by atoms with E-state index in [0.29, 0.717) is 11.3 Å². The summed E-state index contributed by atoms with van der Waals surface area (Å²) in [6, 6.07) is 17.6. The molecule has 1 N–H and O–H groups in total. The van der Waals surface area contributed by atoms with Crippen molar-refractivity contribution in [3.8, 4) is 23.7 Å². The maximum absolute atomic E-state index is 10.7. The molecule has 0 amide bonds. The van der Waals surface area contributed by atoms with E-state index in [-0.39, 0.29) is 0 Å². The van der Waals surface area contributed by atoms with Crippen molar-refractivity contribution < 1.29 is 9.84 Å². The fraction of sp³-hybridized carbons (Fsp3) is 0.280. The number of benzene rings is 2. The third kappa shape index (κ3) is 7.67. The van der Waals surface area contributed by atoms with Gasteiger partial charge in [-0.15, -0.1) is 0 Å². The molecular formula is C25H26O2S. The number of aliphatic hydroxyl groups is 1. The van der Waals surface area contributed by atoms with Crippen LogP contribution in [-0.4, -0.2) is 24.9 Å². The summed E-state index contributed by atoms with van der Waals surface area (Å²) in [6.07, 6.45) is 3.67. The molecule has 0 bridgehead atoms. The summed E-state index contributed by atoms with van der Waals surface area (Å²) in [4.78, 5) is 0. The molecule has 0 spiro atoms. The van der Waals surface area contributed by atoms with Gasteiger partial charge >= 0.3 is 0 Å². The number of rotatable bonds is 7. The van der Waals surface area contributed by atoms with E-state index in [1.54, 1.807) is 7.11 Å². The minimum atomic E-state index is -0.945. The summed E-state index contributed by atoms with van der Waals surface area (Å²) < 4.78 is 5.06. The summed E-state index contributed by atoms with van der Waals surface area (Å²) in [5.74, 6) is 12.8. The van der Waals surface area contributed by atoms with Gasteiger partial charge in [0.2, 0.25) is 0 Å². The summed E-state index contributed by atoms with van der Waals surface area (Å²) in [5.41, 5.74) is 3.56. The maximum atomic E-state index is 10.7. The molecule has 0 fully saturated rings. The largest absolute Gasteiger partial charge is 0.385 e. The van der Waals surface area contributed by atoms with Crippen molar-refractivity contribution in [2.24, 2.45) is 0 Å². The standard InChI is InChI=1S/C25H26O2S/c1-27-18-10-3-2-7-14-23(19-22-13-8-9-15-24(22)20-28)25(26)17-16-21-11-5-4-6-12-21/h4-6,8-9,11-13,15,19,25-26,28H,2-3,10,18,20H2,1H3/b23-19+. The van der Waals surface area contributed by atoms with Crippen LogP contribution in [0.5, 0.6) is 0 Å². The average molecular weight is 391 g/mol. The Morgan fingerprint density at radius 2 is 1.86 bits per heavy atom. The van der Waals surface area contributed by atoms with Gasteiger partial charge in [-0.1, -0.05) is 66.1 Å². The lowest BCUT2D eigenvalue weighted by atomic mass is 10.0. The quantitative estimate of drug-likeness (QED) is 0.406. The third-order valence-electron chi connectivity index (χ3n) is 4.09. The second kappa shape index (κ2) is 12.9. The minimum absolute atomic E-state index is 0.601. The first kappa shape index (κ1) is 21.9. The SMILES string of the molecule is COCCCCC#C/C(=C\c1ccccc1CS)C(O)C#Cc1ccccc1. The molecule has 2 aromatic carbocycles. The van der Waals surface area contributed by atoms with Crippen molar-refractivity contribution in [1.82, 2.24) is 0 Å². The Labute approximate surface area is 174 Å². The Morgan fingerprint density at radius 1 is 1.11 bits per heavy atom. The highest BCUT2D eigenvalue weighted by Gasteiger charge is 2.07. The fourth-order valence-corrected chi connectivity index (χ4v) is 2.83. The van der Waals surface area contributed by atoms with Gasteiger partial charge in [0, 0.05) is 37.0 Å². The van der Waals surface area contributed by atoms with Gasteiger partial charge in [-0.2, -0.15) is 12.6 Å². The molecule has 2 nitrogen and oxygen atoms in total. The predicted octanol–water partition coefficient (Wildman–Crippen LogP) is 4.73. The van der Waals surface area contributed by atoms with E-state index in [1.807, 2.05) is 60.7 Å². The lowest BCUT2D eigenvalue weighted by Crippen LogP contribution is -2.06. The molecule has 0 aliphatic rings. The average Bonchev–Trinajstić information content (AvgIpc) is 2.74. The van der Waals surface area contributed by atoms with Gasteiger partial charge in [0.15, 0.2) is 0 Å². The molecule has 2 aromatic rings. The normalized spacial score (nSPS) is 11.8. The summed E-state index contributed by atoms with van der Waals surface area (Å²) in [6.45, 7) is 0.741. The lowest BCUT2D eigenvalue weighted by molar-refractivity contribution is 0.193. The van der Waals surface area contributed by atoms with Crippen LogP contribution < -0.4 is 0 Å². The predicted molar refractivity (Wildman–Crippen MR) is 120 cm³/mol. The first-order valence-electron chi connectivity index (χ1n) is 9.37. The smallest absolute Gasteiger partial charge is 0.148 e. The number of ether oxygens (including phenoxy) is 1. The number of thiol groups is 1. The molecule has 0 aliphatic heterocycles. The molecule has 0 aromatic heterocycles. The van der Waals surface area contributed by atoms with Crippen molar-refractivity contribution in [3.63, 3.8) is 0 Å². The van der Waals surface area contributed by atoms with E-state index in [9.17, 15) is 5.11 Å². The van der Waals surface area contributed by atoms with Crippen molar-refractivity contribution >= 4 is 18.7 Å². The zero-order valence-corrected chi connectivity index (χ0v) is 17.1. The van der Waals surface area contributed by atoms with Gasteiger partial charge in [-0.25, -0.2) is 0 Å². The van der Waals surface area contributed by atoms with Gasteiger partial charge in [0.25, 0.3) is 0 Å². The van der Waals surface area contributed by atoms with Crippen LogP contribution in [-0.2, 0) is 10.5 Å². The monoisotopic (exact) mass is 390 g/mol. The summed E-state index contributed by atoms with van der Waals surface area (Å²) in [5, 5.41) is 10.7. The van der Waals surface area contributed by atoms with E-state index in [1.165, 1.54) is 0 Å². The van der Waals surface area contributed by atoms with Gasteiger partial charge in [0.1, 0.15) is 6.10 Å². The first-order valence-corrected chi connectivity index (χ1v) is 10.0. The Kier molecular flexibility index (Phi) is 10.0. The van der Waals surface area contributed by atoms with Gasteiger partial charge in [-0.05, 0) is 42.2 Å². The molecule has 144 valence electrons. The molecule has 0 aliphatic carbocycles. The van der Waals surface area contributed by atoms with E-state index in [4.69, 9.17) is 4.74 Å². The second-order valence-electron chi connectivity index (χ2n) is 6.25. The van der Waals surface area contributed by atoms with Gasteiger partial charge < -0.3 is 9.84 Å². The van der Waals surface area contributed by atoms with Crippen LogP contribution in [0.25, 0.3) is 6.08 Å². The Hall–Kier alpha value is -2.43. The maximum Gasteiger partial charge on any atom is 0.148 e. The van der Waals surface area contributed by atoms with E-state index in [2.05, 4.69) is 36.3 Å². The Balaban J connectivity index is 2.24. The molecule has 28 heavy (non-hydrogen) atoms. The molecule has 3 heteroatoms. The fourth-order valence-electron chi connectivity index (χ4n) is 2.55. The van der Waals surface area contributed by atoms with Crippen LogP contribution in [0, 0.1) is 23.7 Å². The topological polar surface area (TPSA) is 29.5 Å². The highest BCUT2D eigenvalue weighted by atomic mass is 32.1. The van der Waals surface area contributed by atoms with Crippen molar-refractivity contribution in [2.75, 3.05) is 13.7 Å². The minimum Gasteiger partial charge on any atom is -0.385 e. The van der Waals surface area contributed by atoms with Gasteiger partial charge in [-0.3, -0.25) is 0 Å². The van der Waals surface area contributed by atoms with Crippen LogP contribution in [0.2, 0.25) is 0 Å². The molecule has 0 saturated heterocycles. The van der Waals surface area contributed by atoms with Crippen LogP contribution in [0.3, 0.4) is 0 Å². The second-order valence-corrected chi connectivity index (χ2v) is 6.56. The number of hydrogen-bond donors (Lipinski definition) is 2. The molecule has 0 heterocycles. The van der Waals surface area contributed by atoms with Gasteiger partial charge in [0.05, 0.1) is 0 Å². The summed E-state index contributed by atoms with van der Waals surface area (Å²) in [7, 11) is 1.70. The molecule has 1 unspecified atom stereocenters. The van der Waals surface area contributed by atoms with Crippen molar-refractivity contribution in [2.45, 2.75) is 31.1 Å². The number of hydrogen-bond acceptors (Lipinski definition) is 3. The van der Waals surface area contributed by atoms with Crippen LogP contribution in [0.4, 0.5) is 0 Å². The molecular weight excluding hydrogens is 364 g/mol. The summed E-state index contributed by atoms with van der Waals surface area (Å²) >= 11 is 4.39. The van der Waals surface area contributed by atoms with Crippen LogP contribution in [0.15, 0.2) is 60.2 Å². The molecule has 2 rings (SSSR count). The van der Waals surface area contributed by atoms with Crippen molar-refractivity contribution in [3.05, 3.63) is 76.9 Å². The zero-order chi connectivity index (χ0) is 20.0. The first-order chi connectivity index (χ1) is 13.7.